The average molecular weight is 280 g/mol. The van der Waals surface area contributed by atoms with E-state index in [0.717, 1.165) is 44.4 Å². The molecule has 1 atom stereocenters. The predicted octanol–water partition coefficient (Wildman–Crippen LogP) is 2.09. The molecule has 2 heterocycles. The van der Waals surface area contributed by atoms with Crippen molar-refractivity contribution in [1.82, 2.24) is 15.2 Å². The maximum absolute atomic E-state index is 5.64. The Bertz CT molecular complexity index is 424. The summed E-state index contributed by atoms with van der Waals surface area (Å²) in [5.74, 6) is 0. The lowest BCUT2D eigenvalue weighted by Gasteiger charge is -2.38. The minimum atomic E-state index is 0.0976. The van der Waals surface area contributed by atoms with Crippen LogP contribution >= 0.6 is 0 Å². The maximum Gasteiger partial charge on any atom is 0.297 e. The topological polar surface area (TPSA) is 44.5 Å². The summed E-state index contributed by atoms with van der Waals surface area (Å²) >= 11 is 0. The number of aromatic nitrogens is 1. The van der Waals surface area contributed by atoms with Crippen LogP contribution in [0.3, 0.4) is 0 Å². The zero-order valence-corrected chi connectivity index (χ0v) is 13.4. The van der Waals surface area contributed by atoms with E-state index in [0.29, 0.717) is 6.04 Å². The first kappa shape index (κ1) is 15.3. The highest BCUT2D eigenvalue weighted by Crippen LogP contribution is 2.18. The standard InChI is InChI=1S/C15H28N4O/c1-6-18-7-8-19(10-12(18)2)14-17-13(11-20-14)9-16-15(3,4)5/h11-12,16H,6-10H2,1-5H3. The lowest BCUT2D eigenvalue weighted by Crippen LogP contribution is -2.51. The van der Waals surface area contributed by atoms with Gasteiger partial charge in [0.05, 0.1) is 5.69 Å². The molecule has 1 N–H and O–H groups in total. The molecule has 0 radical (unpaired) electrons. The Morgan fingerprint density at radius 2 is 2.15 bits per heavy atom. The molecular weight excluding hydrogens is 252 g/mol. The highest BCUT2D eigenvalue weighted by atomic mass is 16.4. The molecule has 0 amide bonds. The second-order valence-corrected chi connectivity index (χ2v) is 6.65. The predicted molar refractivity (Wildman–Crippen MR) is 82.0 cm³/mol. The molecule has 0 aliphatic carbocycles. The van der Waals surface area contributed by atoms with Crippen molar-refractivity contribution in [2.24, 2.45) is 0 Å². The third kappa shape index (κ3) is 3.96. The molecule has 5 heteroatoms. The van der Waals surface area contributed by atoms with Crippen molar-refractivity contribution in [3.05, 3.63) is 12.0 Å². The first-order valence-corrected chi connectivity index (χ1v) is 7.57. The Balaban J connectivity index is 1.92. The smallest absolute Gasteiger partial charge is 0.297 e. The van der Waals surface area contributed by atoms with Gasteiger partial charge in [0, 0.05) is 37.8 Å². The van der Waals surface area contributed by atoms with E-state index in [9.17, 15) is 0 Å². The molecular formula is C15H28N4O. The summed E-state index contributed by atoms with van der Waals surface area (Å²) in [7, 11) is 0. The summed E-state index contributed by atoms with van der Waals surface area (Å²) in [4.78, 5) is 9.34. The van der Waals surface area contributed by atoms with Crippen molar-refractivity contribution in [1.29, 1.82) is 0 Å². The molecule has 1 aromatic rings. The highest BCUT2D eigenvalue weighted by Gasteiger charge is 2.25. The van der Waals surface area contributed by atoms with Gasteiger partial charge >= 0.3 is 0 Å². The van der Waals surface area contributed by atoms with Gasteiger partial charge in [0.1, 0.15) is 6.26 Å². The molecule has 0 spiro atoms. The minimum absolute atomic E-state index is 0.0976. The van der Waals surface area contributed by atoms with Crippen molar-refractivity contribution in [2.45, 2.75) is 52.7 Å². The quantitative estimate of drug-likeness (QED) is 0.915. The first-order chi connectivity index (χ1) is 9.39. The third-order valence-electron chi connectivity index (χ3n) is 3.78. The summed E-state index contributed by atoms with van der Waals surface area (Å²) in [6, 6.07) is 1.31. The summed E-state index contributed by atoms with van der Waals surface area (Å²) in [5, 5.41) is 3.43. The van der Waals surface area contributed by atoms with Crippen LogP contribution in [0.2, 0.25) is 0 Å². The average Bonchev–Trinajstić information content (AvgIpc) is 2.84. The van der Waals surface area contributed by atoms with Crippen LogP contribution in [0.4, 0.5) is 6.01 Å². The van der Waals surface area contributed by atoms with Crippen molar-refractivity contribution >= 4 is 6.01 Å². The molecule has 20 heavy (non-hydrogen) atoms. The van der Waals surface area contributed by atoms with E-state index in [4.69, 9.17) is 4.42 Å². The van der Waals surface area contributed by atoms with Crippen LogP contribution in [0.25, 0.3) is 0 Å². The molecule has 0 bridgehead atoms. The number of nitrogens with zero attached hydrogens (tertiary/aromatic N) is 3. The SMILES string of the molecule is CCN1CCN(c2nc(CNC(C)(C)C)co2)CC1C. The number of hydrogen-bond donors (Lipinski definition) is 1. The largest absolute Gasteiger partial charge is 0.432 e. The normalized spacial score (nSPS) is 21.4. The molecule has 114 valence electrons. The van der Waals surface area contributed by atoms with E-state index in [1.807, 2.05) is 0 Å². The first-order valence-electron chi connectivity index (χ1n) is 7.57. The molecule has 1 fully saturated rings. The van der Waals surface area contributed by atoms with Crippen LogP contribution in [-0.4, -0.2) is 47.6 Å². The Morgan fingerprint density at radius 1 is 1.40 bits per heavy atom. The fourth-order valence-electron chi connectivity index (χ4n) is 2.52. The highest BCUT2D eigenvalue weighted by molar-refractivity contribution is 5.28. The monoisotopic (exact) mass is 280 g/mol. The Kier molecular flexibility index (Phi) is 4.70. The summed E-state index contributed by atoms with van der Waals surface area (Å²) in [6.07, 6.45) is 1.77. The summed E-state index contributed by atoms with van der Waals surface area (Å²) in [5.41, 5.74) is 1.07. The lowest BCUT2D eigenvalue weighted by molar-refractivity contribution is 0.195. The fraction of sp³-hybridized carbons (Fsp3) is 0.800. The molecule has 0 saturated carbocycles. The van der Waals surface area contributed by atoms with Crippen LogP contribution in [0.5, 0.6) is 0 Å². The Labute approximate surface area is 122 Å². The van der Waals surface area contributed by atoms with Gasteiger partial charge in [-0.3, -0.25) is 4.90 Å². The van der Waals surface area contributed by atoms with Crippen LogP contribution < -0.4 is 10.2 Å². The second-order valence-electron chi connectivity index (χ2n) is 6.65. The van der Waals surface area contributed by atoms with Crippen molar-refractivity contribution in [3.63, 3.8) is 0 Å². The van der Waals surface area contributed by atoms with E-state index >= 15 is 0 Å². The molecule has 1 aromatic heterocycles. The van der Waals surface area contributed by atoms with E-state index < -0.39 is 0 Å². The molecule has 1 aliphatic rings. The Morgan fingerprint density at radius 3 is 2.75 bits per heavy atom. The zero-order chi connectivity index (χ0) is 14.8. The third-order valence-corrected chi connectivity index (χ3v) is 3.78. The van der Waals surface area contributed by atoms with Gasteiger partial charge in [-0.25, -0.2) is 0 Å². The van der Waals surface area contributed by atoms with Gasteiger partial charge < -0.3 is 14.6 Å². The van der Waals surface area contributed by atoms with Gasteiger partial charge in [-0.05, 0) is 34.2 Å². The number of piperazine rings is 1. The lowest BCUT2D eigenvalue weighted by atomic mass is 10.1. The van der Waals surface area contributed by atoms with Crippen LogP contribution in [-0.2, 0) is 6.54 Å². The van der Waals surface area contributed by atoms with Crippen molar-refractivity contribution in [3.8, 4) is 0 Å². The molecule has 0 aromatic carbocycles. The zero-order valence-electron chi connectivity index (χ0n) is 13.4. The molecule has 1 aliphatic heterocycles. The van der Waals surface area contributed by atoms with Gasteiger partial charge in [-0.2, -0.15) is 4.98 Å². The van der Waals surface area contributed by atoms with Gasteiger partial charge in [-0.15, -0.1) is 0 Å². The van der Waals surface area contributed by atoms with Crippen molar-refractivity contribution in [2.75, 3.05) is 31.1 Å². The Hall–Kier alpha value is -1.07. The van der Waals surface area contributed by atoms with Crippen LogP contribution in [0, 0.1) is 0 Å². The molecule has 2 rings (SSSR count). The van der Waals surface area contributed by atoms with Crippen LogP contribution in [0.1, 0.15) is 40.3 Å². The second kappa shape index (κ2) is 6.14. The van der Waals surface area contributed by atoms with E-state index in [-0.39, 0.29) is 5.54 Å². The molecule has 1 unspecified atom stereocenters. The molecule has 5 nitrogen and oxygen atoms in total. The maximum atomic E-state index is 5.64. The summed E-state index contributed by atoms with van der Waals surface area (Å²) in [6.45, 7) is 15.9. The van der Waals surface area contributed by atoms with E-state index in [2.05, 4.69) is 54.7 Å². The number of rotatable bonds is 4. The van der Waals surface area contributed by atoms with Gasteiger partial charge in [0.25, 0.3) is 6.01 Å². The number of anilines is 1. The van der Waals surface area contributed by atoms with E-state index in [1.165, 1.54) is 0 Å². The van der Waals surface area contributed by atoms with Gasteiger partial charge in [-0.1, -0.05) is 6.92 Å². The summed E-state index contributed by atoms with van der Waals surface area (Å²) < 4.78 is 5.64. The number of likely N-dealkylation sites (N-methyl/N-ethyl adjacent to an activating group) is 1. The van der Waals surface area contributed by atoms with E-state index in [1.54, 1.807) is 6.26 Å². The fourth-order valence-corrected chi connectivity index (χ4v) is 2.52. The van der Waals surface area contributed by atoms with Gasteiger partial charge in [0.2, 0.25) is 0 Å². The molecule has 1 saturated heterocycles. The number of oxazole rings is 1. The number of hydrogen-bond acceptors (Lipinski definition) is 5. The van der Waals surface area contributed by atoms with Gasteiger partial charge in [0.15, 0.2) is 0 Å². The number of nitrogens with one attached hydrogen (secondary N) is 1. The minimum Gasteiger partial charge on any atom is -0.432 e. The van der Waals surface area contributed by atoms with Crippen LogP contribution in [0.15, 0.2) is 10.7 Å². The van der Waals surface area contributed by atoms with Crippen molar-refractivity contribution < 1.29 is 4.42 Å².